The Bertz CT molecular complexity index is 148. The summed E-state index contributed by atoms with van der Waals surface area (Å²) in [5.41, 5.74) is 11.1. The molecule has 13 heavy (non-hydrogen) atoms. The van der Waals surface area contributed by atoms with E-state index in [1.165, 1.54) is 0 Å². The van der Waals surface area contributed by atoms with Crippen LogP contribution < -0.4 is 16.8 Å². The highest BCUT2D eigenvalue weighted by molar-refractivity contribution is 5.77. The summed E-state index contributed by atoms with van der Waals surface area (Å²) in [4.78, 5) is 11.1. The van der Waals surface area contributed by atoms with E-state index < -0.39 is 0 Å². The van der Waals surface area contributed by atoms with Crippen molar-refractivity contribution < 1.29 is 4.79 Å². The lowest BCUT2D eigenvalue weighted by molar-refractivity contribution is -0.124. The molecule has 5 N–H and O–H groups in total. The van der Waals surface area contributed by atoms with Gasteiger partial charge in [0.05, 0.1) is 0 Å². The first-order valence-electron chi connectivity index (χ1n) is 4.81. The maximum Gasteiger partial charge on any atom is 0.222 e. The summed E-state index contributed by atoms with van der Waals surface area (Å²) >= 11 is 0. The molecule has 0 aromatic rings. The zero-order valence-electron chi connectivity index (χ0n) is 8.55. The van der Waals surface area contributed by atoms with Gasteiger partial charge < -0.3 is 16.8 Å². The Labute approximate surface area is 80.0 Å². The van der Waals surface area contributed by atoms with Gasteiger partial charge in [0.25, 0.3) is 0 Å². The molecule has 0 radical (unpaired) electrons. The molecule has 0 heterocycles. The van der Waals surface area contributed by atoms with Crippen LogP contribution in [0.1, 0.15) is 26.7 Å². The van der Waals surface area contributed by atoms with E-state index in [-0.39, 0.29) is 17.9 Å². The Balaban J connectivity index is 3.46. The van der Waals surface area contributed by atoms with Gasteiger partial charge in [-0.2, -0.15) is 0 Å². The maximum atomic E-state index is 11.1. The summed E-state index contributed by atoms with van der Waals surface area (Å²) in [5.74, 6) is 0.0879. The average molecular weight is 187 g/mol. The normalized spacial score (nSPS) is 13.0. The minimum Gasteiger partial charge on any atom is -0.354 e. The van der Waals surface area contributed by atoms with Gasteiger partial charge in [0.1, 0.15) is 0 Å². The number of carbonyl (C=O) groups is 1. The van der Waals surface area contributed by atoms with Gasteiger partial charge in [-0.25, -0.2) is 0 Å². The van der Waals surface area contributed by atoms with Crippen LogP contribution in [0.15, 0.2) is 0 Å². The first kappa shape index (κ1) is 12.4. The summed E-state index contributed by atoms with van der Waals surface area (Å²) in [7, 11) is 0. The van der Waals surface area contributed by atoms with Gasteiger partial charge in [-0.15, -0.1) is 0 Å². The molecule has 0 aliphatic carbocycles. The molecule has 1 atom stereocenters. The first-order chi connectivity index (χ1) is 6.07. The molecule has 4 nitrogen and oxygen atoms in total. The standard InChI is InChI=1S/C9H21N3O/c1-7(2)9(13)12-6-8(11)4-3-5-10/h7-8H,3-6,10-11H2,1-2H3,(H,12,13)/t8-/m1/s1. The third kappa shape index (κ3) is 6.54. The third-order valence-corrected chi connectivity index (χ3v) is 1.84. The molecule has 0 aromatic carbocycles. The van der Waals surface area contributed by atoms with Crippen LogP contribution in [0, 0.1) is 5.92 Å². The summed E-state index contributed by atoms with van der Waals surface area (Å²) < 4.78 is 0. The number of carbonyl (C=O) groups excluding carboxylic acids is 1. The monoisotopic (exact) mass is 187 g/mol. The zero-order valence-corrected chi connectivity index (χ0v) is 8.55. The van der Waals surface area contributed by atoms with E-state index in [9.17, 15) is 4.79 Å². The number of nitrogens with two attached hydrogens (primary N) is 2. The molecule has 0 unspecified atom stereocenters. The highest BCUT2D eigenvalue weighted by Gasteiger charge is 2.08. The summed E-state index contributed by atoms with van der Waals surface area (Å²) in [5, 5.41) is 2.79. The molecule has 0 saturated heterocycles. The lowest BCUT2D eigenvalue weighted by Gasteiger charge is -2.13. The fourth-order valence-electron chi connectivity index (χ4n) is 0.918. The predicted molar refractivity (Wildman–Crippen MR) is 54.1 cm³/mol. The van der Waals surface area contributed by atoms with Gasteiger partial charge in [0.2, 0.25) is 5.91 Å². The number of amides is 1. The fourth-order valence-corrected chi connectivity index (χ4v) is 0.918. The molecule has 0 spiro atoms. The zero-order chi connectivity index (χ0) is 10.3. The van der Waals surface area contributed by atoms with E-state index in [1.807, 2.05) is 13.8 Å². The molecular weight excluding hydrogens is 166 g/mol. The molecule has 1 amide bonds. The first-order valence-corrected chi connectivity index (χ1v) is 4.81. The Kier molecular flexibility index (Phi) is 6.54. The van der Waals surface area contributed by atoms with Gasteiger partial charge >= 0.3 is 0 Å². The molecule has 0 rings (SSSR count). The molecule has 0 fully saturated rings. The van der Waals surface area contributed by atoms with Crippen molar-refractivity contribution in [2.45, 2.75) is 32.7 Å². The Morgan fingerprint density at radius 3 is 2.54 bits per heavy atom. The van der Waals surface area contributed by atoms with Crippen molar-refractivity contribution in [2.24, 2.45) is 17.4 Å². The van der Waals surface area contributed by atoms with Gasteiger partial charge in [0, 0.05) is 18.5 Å². The van der Waals surface area contributed by atoms with Crippen molar-refractivity contribution in [3.05, 3.63) is 0 Å². The second kappa shape index (κ2) is 6.86. The van der Waals surface area contributed by atoms with Gasteiger partial charge in [-0.3, -0.25) is 4.79 Å². The molecule has 0 saturated carbocycles. The van der Waals surface area contributed by atoms with Crippen molar-refractivity contribution in [1.82, 2.24) is 5.32 Å². The van der Waals surface area contributed by atoms with Crippen molar-refractivity contribution in [1.29, 1.82) is 0 Å². The summed E-state index contributed by atoms with van der Waals surface area (Å²) in [6, 6.07) is 0.0336. The van der Waals surface area contributed by atoms with E-state index in [0.717, 1.165) is 12.8 Å². The molecule has 0 aliphatic heterocycles. The predicted octanol–water partition coefficient (Wildman–Crippen LogP) is -0.175. The largest absolute Gasteiger partial charge is 0.354 e. The second-order valence-electron chi connectivity index (χ2n) is 3.59. The van der Waals surface area contributed by atoms with Gasteiger partial charge in [-0.1, -0.05) is 13.8 Å². The molecule has 78 valence electrons. The lowest BCUT2D eigenvalue weighted by atomic mass is 10.1. The van der Waals surface area contributed by atoms with Crippen LogP contribution >= 0.6 is 0 Å². The fraction of sp³-hybridized carbons (Fsp3) is 0.889. The number of rotatable bonds is 6. The highest BCUT2D eigenvalue weighted by atomic mass is 16.1. The van der Waals surface area contributed by atoms with Gasteiger partial charge in [0.15, 0.2) is 0 Å². The van der Waals surface area contributed by atoms with E-state index in [0.29, 0.717) is 13.1 Å². The molecular formula is C9H21N3O. The lowest BCUT2D eigenvalue weighted by Crippen LogP contribution is -2.39. The van der Waals surface area contributed by atoms with E-state index in [1.54, 1.807) is 0 Å². The minimum atomic E-state index is 0.0294. The van der Waals surface area contributed by atoms with Gasteiger partial charge in [-0.05, 0) is 19.4 Å². The molecule has 4 heteroatoms. The van der Waals surface area contributed by atoms with Crippen molar-refractivity contribution in [3.63, 3.8) is 0 Å². The van der Waals surface area contributed by atoms with Crippen LogP contribution in [0.25, 0.3) is 0 Å². The van der Waals surface area contributed by atoms with Crippen LogP contribution in [0.5, 0.6) is 0 Å². The second-order valence-corrected chi connectivity index (χ2v) is 3.59. The minimum absolute atomic E-state index is 0.0294. The number of nitrogens with one attached hydrogen (secondary N) is 1. The third-order valence-electron chi connectivity index (χ3n) is 1.84. The van der Waals surface area contributed by atoms with E-state index >= 15 is 0 Å². The SMILES string of the molecule is CC(C)C(=O)NC[C@H](N)CCCN. The van der Waals surface area contributed by atoms with Crippen LogP contribution in [0.4, 0.5) is 0 Å². The quantitative estimate of drug-likeness (QED) is 0.540. The maximum absolute atomic E-state index is 11.1. The topological polar surface area (TPSA) is 81.1 Å². The Morgan fingerprint density at radius 1 is 1.46 bits per heavy atom. The average Bonchev–Trinajstić information content (AvgIpc) is 2.10. The van der Waals surface area contributed by atoms with E-state index in [4.69, 9.17) is 11.5 Å². The van der Waals surface area contributed by atoms with Crippen molar-refractivity contribution >= 4 is 5.91 Å². The molecule has 0 aliphatic rings. The van der Waals surface area contributed by atoms with Crippen LogP contribution in [-0.2, 0) is 4.79 Å². The number of hydrogen-bond donors (Lipinski definition) is 3. The van der Waals surface area contributed by atoms with Crippen LogP contribution in [0.2, 0.25) is 0 Å². The van der Waals surface area contributed by atoms with Crippen molar-refractivity contribution in [2.75, 3.05) is 13.1 Å². The number of hydrogen-bond acceptors (Lipinski definition) is 3. The Morgan fingerprint density at radius 2 is 2.08 bits per heavy atom. The Hall–Kier alpha value is -0.610. The highest BCUT2D eigenvalue weighted by Crippen LogP contribution is 1.93. The van der Waals surface area contributed by atoms with E-state index in [2.05, 4.69) is 5.32 Å². The summed E-state index contributed by atoms with van der Waals surface area (Å²) in [6.07, 6.45) is 1.79. The summed E-state index contributed by atoms with van der Waals surface area (Å²) in [6.45, 7) is 4.93. The van der Waals surface area contributed by atoms with Crippen LogP contribution in [-0.4, -0.2) is 25.0 Å². The molecule has 0 bridgehead atoms. The van der Waals surface area contributed by atoms with Crippen molar-refractivity contribution in [3.8, 4) is 0 Å². The smallest absolute Gasteiger partial charge is 0.222 e. The molecule has 0 aromatic heterocycles. The van der Waals surface area contributed by atoms with Crippen LogP contribution in [0.3, 0.4) is 0 Å².